The lowest BCUT2D eigenvalue weighted by Crippen LogP contribution is -2.43. The van der Waals surface area contributed by atoms with Gasteiger partial charge in [-0.15, -0.1) is 0 Å². The summed E-state index contributed by atoms with van der Waals surface area (Å²) in [6, 6.07) is 2.04. The predicted octanol–water partition coefficient (Wildman–Crippen LogP) is 1.09. The van der Waals surface area contributed by atoms with E-state index in [2.05, 4.69) is 9.97 Å². The van der Waals surface area contributed by atoms with E-state index in [0.29, 0.717) is 11.5 Å². The van der Waals surface area contributed by atoms with Gasteiger partial charge in [0, 0.05) is 7.05 Å². The average Bonchev–Trinajstić information content (AvgIpc) is 2.39. The second-order valence-electron chi connectivity index (χ2n) is 4.40. The Morgan fingerprint density at radius 3 is 2.71 bits per heavy atom. The summed E-state index contributed by atoms with van der Waals surface area (Å²) in [5.74, 6) is 0.704. The van der Waals surface area contributed by atoms with Crippen molar-refractivity contribution in [1.29, 1.82) is 5.26 Å². The zero-order chi connectivity index (χ0) is 12.3. The van der Waals surface area contributed by atoms with Gasteiger partial charge in [-0.2, -0.15) is 5.26 Å². The maximum atomic E-state index is 9.96. The van der Waals surface area contributed by atoms with Crippen molar-refractivity contribution in [3.05, 3.63) is 18.1 Å². The maximum Gasteiger partial charge on any atom is 0.158 e. The molecule has 0 amide bonds. The van der Waals surface area contributed by atoms with E-state index in [1.54, 1.807) is 6.20 Å². The molecule has 1 aliphatic rings. The molecule has 0 radical (unpaired) electrons. The quantitative estimate of drug-likeness (QED) is 0.826. The maximum absolute atomic E-state index is 9.96. The molecule has 1 N–H and O–H groups in total. The van der Waals surface area contributed by atoms with Crippen LogP contribution in [0.3, 0.4) is 0 Å². The third-order valence-corrected chi connectivity index (χ3v) is 3.31. The van der Waals surface area contributed by atoms with Gasteiger partial charge in [0.25, 0.3) is 0 Å². The van der Waals surface area contributed by atoms with Crippen molar-refractivity contribution >= 4 is 5.82 Å². The molecule has 1 aromatic rings. The first kappa shape index (κ1) is 11.8. The Morgan fingerprint density at radius 2 is 2.12 bits per heavy atom. The van der Waals surface area contributed by atoms with E-state index in [-0.39, 0.29) is 12.1 Å². The number of hydrogen-bond acceptors (Lipinski definition) is 5. The van der Waals surface area contributed by atoms with Crippen LogP contribution in [0.4, 0.5) is 5.82 Å². The number of aromatic nitrogens is 2. The molecule has 2 unspecified atom stereocenters. The minimum atomic E-state index is -0.300. The predicted molar refractivity (Wildman–Crippen MR) is 63.4 cm³/mol. The van der Waals surface area contributed by atoms with Crippen molar-refractivity contribution in [3.8, 4) is 6.07 Å². The average molecular weight is 232 g/mol. The Labute approximate surface area is 101 Å². The number of nitrogens with zero attached hydrogens (tertiary/aromatic N) is 4. The lowest BCUT2D eigenvalue weighted by atomic mass is 9.92. The molecule has 1 saturated carbocycles. The Kier molecular flexibility index (Phi) is 3.55. The number of rotatable bonds is 2. The van der Waals surface area contributed by atoms with Crippen LogP contribution in [0.15, 0.2) is 12.4 Å². The molecule has 1 aromatic heterocycles. The van der Waals surface area contributed by atoms with Gasteiger partial charge in [-0.25, -0.2) is 9.97 Å². The summed E-state index contributed by atoms with van der Waals surface area (Å²) >= 11 is 0. The minimum absolute atomic E-state index is 0.103. The number of aliphatic hydroxyl groups excluding tert-OH is 1. The lowest BCUT2D eigenvalue weighted by Gasteiger charge is -2.35. The molecule has 0 saturated heterocycles. The highest BCUT2D eigenvalue weighted by Gasteiger charge is 2.27. The van der Waals surface area contributed by atoms with Gasteiger partial charge in [0.05, 0.1) is 24.5 Å². The van der Waals surface area contributed by atoms with Crippen LogP contribution in [-0.4, -0.2) is 34.3 Å². The van der Waals surface area contributed by atoms with Gasteiger partial charge in [0.15, 0.2) is 5.69 Å². The van der Waals surface area contributed by atoms with Crippen molar-refractivity contribution < 1.29 is 5.11 Å². The Balaban J connectivity index is 2.12. The number of hydrogen-bond donors (Lipinski definition) is 1. The van der Waals surface area contributed by atoms with E-state index in [1.165, 1.54) is 6.20 Å². The number of nitriles is 1. The highest BCUT2D eigenvalue weighted by Crippen LogP contribution is 2.24. The van der Waals surface area contributed by atoms with E-state index in [4.69, 9.17) is 5.26 Å². The Bertz CT molecular complexity index is 412. The van der Waals surface area contributed by atoms with Crippen LogP contribution in [0.25, 0.3) is 0 Å². The first-order valence-electron chi connectivity index (χ1n) is 5.85. The molecule has 0 aromatic carbocycles. The second-order valence-corrected chi connectivity index (χ2v) is 4.40. The van der Waals surface area contributed by atoms with Crippen LogP contribution in [0.2, 0.25) is 0 Å². The van der Waals surface area contributed by atoms with Crippen molar-refractivity contribution in [3.63, 3.8) is 0 Å². The second kappa shape index (κ2) is 5.11. The zero-order valence-corrected chi connectivity index (χ0v) is 9.87. The smallest absolute Gasteiger partial charge is 0.158 e. The third-order valence-electron chi connectivity index (χ3n) is 3.31. The van der Waals surface area contributed by atoms with E-state index in [1.807, 2.05) is 18.0 Å². The molecule has 2 rings (SSSR count). The van der Waals surface area contributed by atoms with Crippen molar-refractivity contribution in [2.45, 2.75) is 37.8 Å². The van der Waals surface area contributed by atoms with Crippen LogP contribution in [0.1, 0.15) is 31.4 Å². The molecule has 0 aliphatic heterocycles. The molecule has 1 aliphatic carbocycles. The fraction of sp³-hybridized carbons (Fsp3) is 0.583. The molecule has 5 heteroatoms. The van der Waals surface area contributed by atoms with Gasteiger partial charge < -0.3 is 10.0 Å². The SMILES string of the molecule is CN(c1cnc(C#N)cn1)C1CCCCC1O. The summed E-state index contributed by atoms with van der Waals surface area (Å²) in [4.78, 5) is 10.1. The minimum Gasteiger partial charge on any atom is -0.391 e. The van der Waals surface area contributed by atoms with Crippen LogP contribution in [0, 0.1) is 11.3 Å². The van der Waals surface area contributed by atoms with Gasteiger partial charge in [-0.05, 0) is 12.8 Å². The summed E-state index contributed by atoms with van der Waals surface area (Å²) in [5, 5.41) is 18.6. The summed E-state index contributed by atoms with van der Waals surface area (Å²) in [6.45, 7) is 0. The van der Waals surface area contributed by atoms with E-state index in [0.717, 1.165) is 25.7 Å². The first-order valence-corrected chi connectivity index (χ1v) is 5.85. The highest BCUT2D eigenvalue weighted by atomic mass is 16.3. The largest absolute Gasteiger partial charge is 0.391 e. The lowest BCUT2D eigenvalue weighted by molar-refractivity contribution is 0.106. The van der Waals surface area contributed by atoms with Gasteiger partial charge >= 0.3 is 0 Å². The monoisotopic (exact) mass is 232 g/mol. The number of aliphatic hydroxyl groups is 1. The van der Waals surface area contributed by atoms with Crippen LogP contribution >= 0.6 is 0 Å². The van der Waals surface area contributed by atoms with E-state index < -0.39 is 0 Å². The molecule has 0 bridgehead atoms. The standard InChI is InChI=1S/C12H16N4O/c1-16(10-4-2-3-5-11(10)17)12-8-14-9(6-13)7-15-12/h7-8,10-11,17H,2-5H2,1H3. The summed E-state index contributed by atoms with van der Waals surface area (Å²) in [6.07, 6.45) is 6.78. The van der Waals surface area contributed by atoms with Crippen molar-refractivity contribution in [1.82, 2.24) is 9.97 Å². The third kappa shape index (κ3) is 2.53. The van der Waals surface area contributed by atoms with Crippen LogP contribution < -0.4 is 4.90 Å². The molecule has 0 spiro atoms. The fourth-order valence-electron chi connectivity index (χ4n) is 2.27. The normalized spacial score (nSPS) is 24.1. The van der Waals surface area contributed by atoms with E-state index in [9.17, 15) is 5.11 Å². The number of likely N-dealkylation sites (N-methyl/N-ethyl adjacent to an activating group) is 1. The highest BCUT2D eigenvalue weighted by molar-refractivity contribution is 5.38. The zero-order valence-electron chi connectivity index (χ0n) is 9.87. The van der Waals surface area contributed by atoms with Crippen molar-refractivity contribution in [2.24, 2.45) is 0 Å². The van der Waals surface area contributed by atoms with Gasteiger partial charge in [-0.3, -0.25) is 0 Å². The fourth-order valence-corrected chi connectivity index (χ4v) is 2.27. The molecule has 1 heterocycles. The molecule has 90 valence electrons. The summed E-state index contributed by atoms with van der Waals surface area (Å²) in [7, 11) is 1.91. The summed E-state index contributed by atoms with van der Waals surface area (Å²) < 4.78 is 0. The molecule has 1 fully saturated rings. The molecular formula is C12H16N4O. The van der Waals surface area contributed by atoms with Crippen LogP contribution in [0.5, 0.6) is 0 Å². The first-order chi connectivity index (χ1) is 8.22. The van der Waals surface area contributed by atoms with Crippen LogP contribution in [-0.2, 0) is 0 Å². The molecule has 17 heavy (non-hydrogen) atoms. The molecule has 2 atom stereocenters. The Hall–Kier alpha value is -1.67. The van der Waals surface area contributed by atoms with Gasteiger partial charge in [-0.1, -0.05) is 12.8 Å². The topological polar surface area (TPSA) is 73.0 Å². The summed E-state index contributed by atoms with van der Waals surface area (Å²) in [5.41, 5.74) is 0.311. The van der Waals surface area contributed by atoms with E-state index >= 15 is 0 Å². The molecule has 5 nitrogen and oxygen atoms in total. The number of anilines is 1. The Morgan fingerprint density at radius 1 is 1.35 bits per heavy atom. The van der Waals surface area contributed by atoms with Gasteiger partial charge in [0.1, 0.15) is 11.9 Å². The van der Waals surface area contributed by atoms with Gasteiger partial charge in [0.2, 0.25) is 0 Å². The molecular weight excluding hydrogens is 216 g/mol. The van der Waals surface area contributed by atoms with Crippen molar-refractivity contribution in [2.75, 3.05) is 11.9 Å².